The summed E-state index contributed by atoms with van der Waals surface area (Å²) in [4.78, 5) is 11.3. The van der Waals surface area contributed by atoms with Crippen LogP contribution in [0.15, 0.2) is 16.6 Å². The summed E-state index contributed by atoms with van der Waals surface area (Å²) in [6.45, 7) is 4.17. The van der Waals surface area contributed by atoms with E-state index in [-0.39, 0.29) is 11.8 Å². The molecule has 0 fully saturated rings. The predicted molar refractivity (Wildman–Crippen MR) is 77.1 cm³/mol. The van der Waals surface area contributed by atoms with E-state index >= 15 is 0 Å². The highest BCUT2D eigenvalue weighted by atomic mass is 79.9. The Hall–Kier alpha value is -1.07. The van der Waals surface area contributed by atoms with Gasteiger partial charge in [0.25, 0.3) is 0 Å². The van der Waals surface area contributed by atoms with E-state index in [4.69, 9.17) is 10.5 Å². The van der Waals surface area contributed by atoms with Crippen molar-refractivity contribution in [3.05, 3.63) is 22.2 Å². The molecule has 0 aliphatic carbocycles. The molecule has 1 aromatic rings. The minimum atomic E-state index is -0.118. The maximum Gasteiger partial charge on any atom is 0.221 e. The minimum absolute atomic E-state index is 0.118. The highest BCUT2D eigenvalue weighted by Gasteiger charge is 2.18. The van der Waals surface area contributed by atoms with Crippen LogP contribution >= 0.6 is 15.9 Å². The Balaban J connectivity index is 3.30. The third-order valence-electron chi connectivity index (χ3n) is 2.77. The number of hydrogen-bond donors (Lipinski definition) is 2. The van der Waals surface area contributed by atoms with Gasteiger partial charge in [-0.25, -0.2) is 0 Å². The first-order valence-corrected chi connectivity index (χ1v) is 6.64. The first kappa shape index (κ1) is 15.0. The number of benzene rings is 1. The van der Waals surface area contributed by atoms with Gasteiger partial charge in [-0.2, -0.15) is 0 Å². The smallest absolute Gasteiger partial charge is 0.221 e. The molecule has 5 heteroatoms. The van der Waals surface area contributed by atoms with E-state index in [1.807, 2.05) is 12.1 Å². The van der Waals surface area contributed by atoms with Gasteiger partial charge in [0, 0.05) is 11.4 Å². The lowest BCUT2D eigenvalue weighted by molar-refractivity contribution is -0.114. The Labute approximate surface area is 116 Å². The molecule has 0 aliphatic heterocycles. The average Bonchev–Trinajstić information content (AvgIpc) is 2.29. The van der Waals surface area contributed by atoms with Crippen LogP contribution in [0.5, 0.6) is 5.75 Å². The molecule has 18 heavy (non-hydrogen) atoms. The van der Waals surface area contributed by atoms with Crippen LogP contribution in [-0.2, 0) is 4.79 Å². The topological polar surface area (TPSA) is 64.3 Å². The van der Waals surface area contributed by atoms with E-state index in [0.717, 1.165) is 22.1 Å². The second-order valence-electron chi connectivity index (χ2n) is 4.20. The number of hydrogen-bond acceptors (Lipinski definition) is 3. The Morgan fingerprint density at radius 3 is 2.72 bits per heavy atom. The first-order chi connectivity index (χ1) is 8.51. The molecule has 4 nitrogen and oxygen atoms in total. The van der Waals surface area contributed by atoms with Crippen molar-refractivity contribution in [2.75, 3.05) is 19.0 Å². The summed E-state index contributed by atoms with van der Waals surface area (Å²) in [7, 11) is 1.59. The molecule has 0 saturated carbocycles. The average molecular weight is 315 g/mol. The Morgan fingerprint density at radius 1 is 1.56 bits per heavy atom. The lowest BCUT2D eigenvalue weighted by Crippen LogP contribution is -2.13. The first-order valence-electron chi connectivity index (χ1n) is 5.85. The summed E-state index contributed by atoms with van der Waals surface area (Å²) < 4.78 is 6.26. The van der Waals surface area contributed by atoms with Crippen LogP contribution in [0, 0.1) is 0 Å². The van der Waals surface area contributed by atoms with Crippen LogP contribution in [-0.4, -0.2) is 19.6 Å². The van der Waals surface area contributed by atoms with Gasteiger partial charge in [0.05, 0.1) is 12.8 Å². The van der Waals surface area contributed by atoms with Crippen LogP contribution in [0.3, 0.4) is 0 Å². The maximum absolute atomic E-state index is 11.3. The van der Waals surface area contributed by atoms with Crippen LogP contribution in [0.25, 0.3) is 0 Å². The fourth-order valence-electron chi connectivity index (χ4n) is 1.93. The maximum atomic E-state index is 11.3. The lowest BCUT2D eigenvalue weighted by atomic mass is 9.95. The molecule has 0 heterocycles. The Kier molecular flexibility index (Phi) is 5.62. The van der Waals surface area contributed by atoms with Gasteiger partial charge in [-0.05, 0) is 36.6 Å². The summed E-state index contributed by atoms with van der Waals surface area (Å²) in [5.74, 6) is 0.779. The molecule has 0 aliphatic rings. The number of carbonyl (C=O) groups excluding carboxylic acids is 1. The van der Waals surface area contributed by atoms with Crippen LogP contribution in [0.2, 0.25) is 0 Å². The quantitative estimate of drug-likeness (QED) is 0.878. The second-order valence-corrected chi connectivity index (χ2v) is 5.05. The van der Waals surface area contributed by atoms with Crippen molar-refractivity contribution in [2.45, 2.75) is 26.2 Å². The van der Waals surface area contributed by atoms with Crippen molar-refractivity contribution in [1.29, 1.82) is 0 Å². The number of amides is 1. The standard InChI is InChI=1S/C13H19BrN2O2/c1-8(6-7-15)12-10(14)4-5-11(18-3)13(12)16-9(2)17/h4-5,8H,6-7,15H2,1-3H3,(H,16,17). The number of rotatable bonds is 5. The van der Waals surface area contributed by atoms with Gasteiger partial charge >= 0.3 is 0 Å². The molecule has 0 aromatic heterocycles. The van der Waals surface area contributed by atoms with E-state index in [2.05, 4.69) is 28.2 Å². The molecule has 0 saturated heterocycles. The van der Waals surface area contributed by atoms with Crippen molar-refractivity contribution >= 4 is 27.5 Å². The van der Waals surface area contributed by atoms with E-state index in [1.165, 1.54) is 6.92 Å². The predicted octanol–water partition coefficient (Wildman–Crippen LogP) is 2.87. The van der Waals surface area contributed by atoms with Crippen molar-refractivity contribution in [3.63, 3.8) is 0 Å². The van der Waals surface area contributed by atoms with Gasteiger partial charge < -0.3 is 15.8 Å². The molecule has 1 rings (SSSR count). The molecule has 0 spiro atoms. The minimum Gasteiger partial charge on any atom is -0.495 e. The molecule has 1 aromatic carbocycles. The normalized spacial score (nSPS) is 12.1. The van der Waals surface area contributed by atoms with Gasteiger partial charge in [0.1, 0.15) is 5.75 Å². The number of nitrogens with two attached hydrogens (primary N) is 1. The van der Waals surface area contributed by atoms with Crippen molar-refractivity contribution < 1.29 is 9.53 Å². The second kappa shape index (κ2) is 6.75. The summed E-state index contributed by atoms with van der Waals surface area (Å²) in [5, 5.41) is 2.84. The van der Waals surface area contributed by atoms with E-state index in [9.17, 15) is 4.79 Å². The van der Waals surface area contributed by atoms with E-state index < -0.39 is 0 Å². The van der Waals surface area contributed by atoms with Crippen LogP contribution in [0.4, 0.5) is 5.69 Å². The highest BCUT2D eigenvalue weighted by Crippen LogP contribution is 2.39. The van der Waals surface area contributed by atoms with E-state index in [0.29, 0.717) is 12.3 Å². The van der Waals surface area contributed by atoms with Gasteiger partial charge in [-0.3, -0.25) is 4.79 Å². The fourth-order valence-corrected chi connectivity index (χ4v) is 2.65. The van der Waals surface area contributed by atoms with Crippen molar-refractivity contribution in [1.82, 2.24) is 0 Å². The number of carbonyl (C=O) groups is 1. The molecule has 3 N–H and O–H groups in total. The fraction of sp³-hybridized carbons (Fsp3) is 0.462. The van der Waals surface area contributed by atoms with Gasteiger partial charge in [-0.15, -0.1) is 0 Å². The van der Waals surface area contributed by atoms with Crippen LogP contribution < -0.4 is 15.8 Å². The molecular weight excluding hydrogens is 296 g/mol. The summed E-state index contributed by atoms with van der Waals surface area (Å²) in [5.41, 5.74) is 7.35. The molecule has 100 valence electrons. The molecule has 0 bridgehead atoms. The molecule has 0 radical (unpaired) electrons. The van der Waals surface area contributed by atoms with E-state index in [1.54, 1.807) is 7.11 Å². The van der Waals surface area contributed by atoms with Gasteiger partial charge in [0.2, 0.25) is 5.91 Å². The van der Waals surface area contributed by atoms with Gasteiger partial charge in [0.15, 0.2) is 0 Å². The third kappa shape index (κ3) is 3.46. The molecule has 1 atom stereocenters. The summed E-state index contributed by atoms with van der Waals surface area (Å²) in [6, 6.07) is 3.75. The number of halogens is 1. The molecular formula is C13H19BrN2O2. The summed E-state index contributed by atoms with van der Waals surface area (Å²) in [6.07, 6.45) is 0.846. The molecule has 1 amide bonds. The monoisotopic (exact) mass is 314 g/mol. The highest BCUT2D eigenvalue weighted by molar-refractivity contribution is 9.10. The summed E-state index contributed by atoms with van der Waals surface area (Å²) >= 11 is 3.52. The number of anilines is 1. The molecule has 1 unspecified atom stereocenters. The van der Waals surface area contributed by atoms with Crippen molar-refractivity contribution in [3.8, 4) is 5.75 Å². The zero-order valence-corrected chi connectivity index (χ0v) is 12.5. The number of methoxy groups -OCH3 is 1. The largest absolute Gasteiger partial charge is 0.495 e. The Bertz CT molecular complexity index is 435. The SMILES string of the molecule is COc1ccc(Br)c(C(C)CCN)c1NC(C)=O. The number of ether oxygens (including phenoxy) is 1. The van der Waals surface area contributed by atoms with Gasteiger partial charge in [-0.1, -0.05) is 22.9 Å². The Morgan fingerprint density at radius 2 is 2.22 bits per heavy atom. The number of nitrogens with one attached hydrogen (secondary N) is 1. The zero-order chi connectivity index (χ0) is 13.7. The zero-order valence-electron chi connectivity index (χ0n) is 10.9. The lowest BCUT2D eigenvalue weighted by Gasteiger charge is -2.20. The van der Waals surface area contributed by atoms with Crippen LogP contribution in [0.1, 0.15) is 31.7 Å². The third-order valence-corrected chi connectivity index (χ3v) is 3.46. The van der Waals surface area contributed by atoms with Crippen molar-refractivity contribution in [2.24, 2.45) is 5.73 Å².